The molecule has 0 saturated carbocycles. The van der Waals surface area contributed by atoms with Gasteiger partial charge in [0.15, 0.2) is 0 Å². The maximum Gasteiger partial charge on any atom is 0.236 e. The molecule has 1 heterocycles. The lowest BCUT2D eigenvalue weighted by Crippen LogP contribution is -2.45. The average Bonchev–Trinajstić information content (AvgIpc) is 2.39. The standard InChI is InChI=1S/C14H22N4O2/c1-10(17-14(19)7-16-20)8-18-6-5-11-3-2-4-13(15)12(11)9-18/h2-4,10,16,20H,5-9,15H2,1H3,(H,17,19)/t10-/m0/s1. The van der Waals surface area contributed by atoms with Gasteiger partial charge in [-0.25, -0.2) is 0 Å². The Morgan fingerprint density at radius 3 is 3.10 bits per heavy atom. The summed E-state index contributed by atoms with van der Waals surface area (Å²) in [6.07, 6.45) is 0.985. The average molecular weight is 278 g/mol. The van der Waals surface area contributed by atoms with Gasteiger partial charge in [0, 0.05) is 31.4 Å². The number of hydrogen-bond acceptors (Lipinski definition) is 5. The molecule has 1 aliphatic heterocycles. The van der Waals surface area contributed by atoms with E-state index in [-0.39, 0.29) is 18.5 Å². The normalized spacial score (nSPS) is 16.5. The number of nitrogen functional groups attached to an aromatic ring is 1. The Morgan fingerprint density at radius 1 is 1.55 bits per heavy atom. The summed E-state index contributed by atoms with van der Waals surface area (Å²) in [6.45, 7) is 4.43. The molecule has 5 N–H and O–H groups in total. The van der Waals surface area contributed by atoms with Crippen LogP contribution in [0.1, 0.15) is 18.1 Å². The minimum Gasteiger partial charge on any atom is -0.398 e. The van der Waals surface area contributed by atoms with Crippen molar-refractivity contribution in [2.24, 2.45) is 0 Å². The zero-order valence-electron chi connectivity index (χ0n) is 11.7. The lowest BCUT2D eigenvalue weighted by molar-refractivity contribution is -0.122. The van der Waals surface area contributed by atoms with Crippen molar-refractivity contribution >= 4 is 11.6 Å². The molecule has 0 saturated heterocycles. The van der Waals surface area contributed by atoms with Crippen LogP contribution in [0.5, 0.6) is 0 Å². The zero-order chi connectivity index (χ0) is 14.5. The predicted octanol–water partition coefficient (Wildman–Crippen LogP) is 0.110. The van der Waals surface area contributed by atoms with E-state index in [1.54, 1.807) is 0 Å². The first-order valence-corrected chi connectivity index (χ1v) is 6.85. The van der Waals surface area contributed by atoms with Crippen LogP contribution in [0.15, 0.2) is 18.2 Å². The molecule has 110 valence electrons. The Labute approximate surface area is 118 Å². The quantitative estimate of drug-likeness (QED) is 0.453. The third kappa shape index (κ3) is 3.69. The first kappa shape index (κ1) is 14.8. The number of nitrogens with zero attached hydrogens (tertiary/aromatic N) is 1. The van der Waals surface area contributed by atoms with E-state index < -0.39 is 0 Å². The SMILES string of the molecule is C[C@@H](CN1CCc2cccc(N)c2C1)NC(=O)CNO. The van der Waals surface area contributed by atoms with Crippen LogP contribution in [-0.2, 0) is 17.8 Å². The van der Waals surface area contributed by atoms with Crippen LogP contribution in [-0.4, -0.2) is 41.7 Å². The number of amides is 1. The lowest BCUT2D eigenvalue weighted by atomic mass is 9.98. The number of anilines is 1. The minimum absolute atomic E-state index is 0.0299. The van der Waals surface area contributed by atoms with Gasteiger partial charge >= 0.3 is 0 Å². The van der Waals surface area contributed by atoms with Crippen LogP contribution < -0.4 is 16.5 Å². The van der Waals surface area contributed by atoms with Gasteiger partial charge in [-0.15, -0.1) is 0 Å². The van der Waals surface area contributed by atoms with E-state index in [9.17, 15) is 4.79 Å². The molecule has 0 aromatic heterocycles. The van der Waals surface area contributed by atoms with Crippen LogP contribution in [0.3, 0.4) is 0 Å². The number of nitrogens with two attached hydrogens (primary N) is 1. The third-order valence-electron chi connectivity index (χ3n) is 3.57. The van der Waals surface area contributed by atoms with E-state index in [2.05, 4.69) is 16.3 Å². The van der Waals surface area contributed by atoms with E-state index in [1.807, 2.05) is 24.5 Å². The predicted molar refractivity (Wildman–Crippen MR) is 77.2 cm³/mol. The fourth-order valence-corrected chi connectivity index (χ4v) is 2.65. The summed E-state index contributed by atoms with van der Waals surface area (Å²) in [4.78, 5) is 13.7. The van der Waals surface area contributed by atoms with Gasteiger partial charge in [-0.3, -0.25) is 9.69 Å². The molecule has 6 nitrogen and oxygen atoms in total. The first-order chi connectivity index (χ1) is 9.60. The number of hydroxylamine groups is 1. The van der Waals surface area contributed by atoms with Crippen LogP contribution in [0.2, 0.25) is 0 Å². The molecule has 0 fully saturated rings. The van der Waals surface area contributed by atoms with Crippen molar-refractivity contribution in [3.8, 4) is 0 Å². The van der Waals surface area contributed by atoms with Gasteiger partial charge in [0.1, 0.15) is 0 Å². The monoisotopic (exact) mass is 278 g/mol. The number of carbonyl (C=O) groups excluding carboxylic acids is 1. The van der Waals surface area contributed by atoms with E-state index in [1.165, 1.54) is 11.1 Å². The number of benzene rings is 1. The Balaban J connectivity index is 1.90. The van der Waals surface area contributed by atoms with Crippen LogP contribution in [0.4, 0.5) is 5.69 Å². The number of hydrogen-bond donors (Lipinski definition) is 4. The summed E-state index contributed by atoms with van der Waals surface area (Å²) in [5.74, 6) is -0.211. The summed E-state index contributed by atoms with van der Waals surface area (Å²) in [6, 6.07) is 6.08. The van der Waals surface area contributed by atoms with Crippen molar-refractivity contribution in [1.29, 1.82) is 0 Å². The molecule has 0 bridgehead atoms. The summed E-state index contributed by atoms with van der Waals surface area (Å²) < 4.78 is 0. The molecule has 1 atom stereocenters. The molecular formula is C14H22N4O2. The minimum atomic E-state index is -0.211. The Hall–Kier alpha value is -1.63. The summed E-state index contributed by atoms with van der Waals surface area (Å²) in [7, 11) is 0. The van der Waals surface area contributed by atoms with Gasteiger partial charge < -0.3 is 16.3 Å². The molecule has 0 aliphatic carbocycles. The smallest absolute Gasteiger partial charge is 0.236 e. The summed E-state index contributed by atoms with van der Waals surface area (Å²) in [5, 5.41) is 11.3. The number of rotatable bonds is 5. The van der Waals surface area contributed by atoms with Gasteiger partial charge in [-0.05, 0) is 30.5 Å². The fraction of sp³-hybridized carbons (Fsp3) is 0.500. The van der Waals surface area contributed by atoms with Crippen LogP contribution in [0, 0.1) is 0 Å². The molecule has 1 aromatic rings. The number of nitrogens with one attached hydrogen (secondary N) is 2. The molecule has 6 heteroatoms. The lowest BCUT2D eigenvalue weighted by Gasteiger charge is -2.31. The van der Waals surface area contributed by atoms with Crippen LogP contribution >= 0.6 is 0 Å². The summed E-state index contributed by atoms with van der Waals surface area (Å²) >= 11 is 0. The van der Waals surface area contributed by atoms with Crippen LogP contribution in [0.25, 0.3) is 0 Å². The highest BCUT2D eigenvalue weighted by Gasteiger charge is 2.20. The molecule has 0 unspecified atom stereocenters. The molecule has 1 aliphatic rings. The Morgan fingerprint density at radius 2 is 2.35 bits per heavy atom. The third-order valence-corrected chi connectivity index (χ3v) is 3.57. The largest absolute Gasteiger partial charge is 0.398 e. The number of carbonyl (C=O) groups is 1. The van der Waals surface area contributed by atoms with Crippen molar-refractivity contribution in [1.82, 2.24) is 15.7 Å². The maximum absolute atomic E-state index is 11.4. The van der Waals surface area contributed by atoms with Gasteiger partial charge in [0.2, 0.25) is 5.91 Å². The van der Waals surface area contributed by atoms with E-state index in [0.717, 1.165) is 31.7 Å². The van der Waals surface area contributed by atoms with Crippen molar-refractivity contribution in [3.05, 3.63) is 29.3 Å². The molecular weight excluding hydrogens is 256 g/mol. The first-order valence-electron chi connectivity index (χ1n) is 6.85. The maximum atomic E-state index is 11.4. The van der Waals surface area contributed by atoms with Crippen molar-refractivity contribution in [2.75, 3.05) is 25.4 Å². The number of fused-ring (bicyclic) bond motifs is 1. The molecule has 20 heavy (non-hydrogen) atoms. The van der Waals surface area contributed by atoms with Crippen molar-refractivity contribution in [3.63, 3.8) is 0 Å². The molecule has 0 spiro atoms. The van der Waals surface area contributed by atoms with Gasteiger partial charge in [0.25, 0.3) is 0 Å². The second-order valence-electron chi connectivity index (χ2n) is 5.27. The highest BCUT2D eigenvalue weighted by Crippen LogP contribution is 2.24. The second kappa shape index (κ2) is 6.69. The Bertz CT molecular complexity index is 478. The van der Waals surface area contributed by atoms with Gasteiger partial charge in [-0.2, -0.15) is 5.48 Å². The van der Waals surface area contributed by atoms with Crippen molar-refractivity contribution < 1.29 is 10.0 Å². The highest BCUT2D eigenvalue weighted by atomic mass is 16.5. The topological polar surface area (TPSA) is 90.6 Å². The van der Waals surface area contributed by atoms with Gasteiger partial charge in [-0.1, -0.05) is 12.1 Å². The summed E-state index contributed by atoms with van der Waals surface area (Å²) in [5.41, 5.74) is 11.2. The van der Waals surface area contributed by atoms with E-state index in [4.69, 9.17) is 10.9 Å². The van der Waals surface area contributed by atoms with E-state index in [0.29, 0.717) is 0 Å². The zero-order valence-corrected chi connectivity index (χ0v) is 11.7. The molecule has 1 amide bonds. The van der Waals surface area contributed by atoms with Gasteiger partial charge in [0.05, 0.1) is 6.54 Å². The highest BCUT2D eigenvalue weighted by molar-refractivity contribution is 5.78. The molecule has 0 radical (unpaired) electrons. The Kier molecular flexibility index (Phi) is 4.94. The second-order valence-corrected chi connectivity index (χ2v) is 5.27. The molecule has 2 rings (SSSR count). The van der Waals surface area contributed by atoms with Crippen molar-refractivity contribution in [2.45, 2.75) is 25.9 Å². The fourth-order valence-electron chi connectivity index (χ4n) is 2.65. The molecule has 1 aromatic carbocycles. The van der Waals surface area contributed by atoms with E-state index >= 15 is 0 Å².